The highest BCUT2D eigenvalue weighted by molar-refractivity contribution is 5.64. The van der Waals surface area contributed by atoms with Crippen molar-refractivity contribution in [3.05, 3.63) is 0 Å². The molecule has 0 spiro atoms. The van der Waals surface area contributed by atoms with Gasteiger partial charge in [0.2, 0.25) is 0 Å². The van der Waals surface area contributed by atoms with E-state index in [4.69, 9.17) is 5.26 Å². The molecule has 4 heteroatoms. The summed E-state index contributed by atoms with van der Waals surface area (Å²) in [4.78, 5) is 9.88. The standard InChI is InChI=1S/C5H8N2O2/c6-3-1-2-4-9-5(7)8/h1-2,4H2,(H2,7,8). The fraction of sp³-hybridized carbons (Fsp3) is 0.600. The number of ether oxygens (including phenoxy) is 1. The van der Waals surface area contributed by atoms with Crippen molar-refractivity contribution in [2.75, 3.05) is 6.61 Å². The Morgan fingerprint density at radius 1 is 1.78 bits per heavy atom. The van der Waals surface area contributed by atoms with Gasteiger partial charge in [-0.15, -0.1) is 0 Å². The zero-order valence-electron chi connectivity index (χ0n) is 4.96. The van der Waals surface area contributed by atoms with Gasteiger partial charge >= 0.3 is 6.09 Å². The lowest BCUT2D eigenvalue weighted by atomic mass is 10.3. The zero-order valence-corrected chi connectivity index (χ0v) is 4.96. The Morgan fingerprint density at radius 3 is 2.89 bits per heavy atom. The van der Waals surface area contributed by atoms with Crippen LogP contribution >= 0.6 is 0 Å². The Kier molecular flexibility index (Phi) is 4.23. The lowest BCUT2D eigenvalue weighted by Gasteiger charge is -1.95. The monoisotopic (exact) mass is 128 g/mol. The largest absolute Gasteiger partial charge is 0.450 e. The van der Waals surface area contributed by atoms with Crippen molar-refractivity contribution in [2.24, 2.45) is 5.73 Å². The van der Waals surface area contributed by atoms with Gasteiger partial charge in [0.15, 0.2) is 0 Å². The van der Waals surface area contributed by atoms with Crippen LogP contribution in [0.1, 0.15) is 12.8 Å². The van der Waals surface area contributed by atoms with Crippen LogP contribution in [-0.2, 0) is 4.74 Å². The number of nitrogens with two attached hydrogens (primary N) is 1. The molecule has 0 saturated heterocycles. The van der Waals surface area contributed by atoms with Crippen LogP contribution in [0.15, 0.2) is 0 Å². The lowest BCUT2D eigenvalue weighted by Crippen LogP contribution is -2.13. The van der Waals surface area contributed by atoms with E-state index in [2.05, 4.69) is 10.5 Å². The summed E-state index contributed by atoms with van der Waals surface area (Å²) in [5.41, 5.74) is 4.63. The van der Waals surface area contributed by atoms with Crippen LogP contribution in [0.2, 0.25) is 0 Å². The van der Waals surface area contributed by atoms with Gasteiger partial charge in [-0.1, -0.05) is 0 Å². The highest BCUT2D eigenvalue weighted by Gasteiger charge is 1.90. The van der Waals surface area contributed by atoms with Crippen LogP contribution in [0.5, 0.6) is 0 Å². The van der Waals surface area contributed by atoms with E-state index in [1.54, 1.807) is 0 Å². The number of amides is 1. The normalized spacial score (nSPS) is 7.89. The molecule has 50 valence electrons. The minimum absolute atomic E-state index is 0.239. The Labute approximate surface area is 53.2 Å². The number of nitriles is 1. The highest BCUT2D eigenvalue weighted by atomic mass is 16.5. The molecule has 0 atom stereocenters. The second-order valence-electron chi connectivity index (χ2n) is 1.43. The highest BCUT2D eigenvalue weighted by Crippen LogP contribution is 1.86. The maximum absolute atomic E-state index is 9.88. The number of hydrogen-bond donors (Lipinski definition) is 1. The van der Waals surface area contributed by atoms with Gasteiger partial charge in [0.1, 0.15) is 0 Å². The van der Waals surface area contributed by atoms with Gasteiger partial charge in [-0.2, -0.15) is 5.26 Å². The second-order valence-corrected chi connectivity index (χ2v) is 1.43. The van der Waals surface area contributed by atoms with Crippen LogP contribution in [-0.4, -0.2) is 12.7 Å². The number of hydrogen-bond acceptors (Lipinski definition) is 3. The maximum Gasteiger partial charge on any atom is 0.404 e. The van der Waals surface area contributed by atoms with Crippen molar-refractivity contribution in [3.8, 4) is 6.07 Å². The maximum atomic E-state index is 9.88. The molecule has 0 aliphatic carbocycles. The first kappa shape index (κ1) is 7.76. The smallest absolute Gasteiger partial charge is 0.404 e. The summed E-state index contributed by atoms with van der Waals surface area (Å²) in [6, 6.07) is 1.91. The molecule has 0 saturated carbocycles. The van der Waals surface area contributed by atoms with E-state index in [0.717, 1.165) is 0 Å². The molecule has 9 heavy (non-hydrogen) atoms. The summed E-state index contributed by atoms with van der Waals surface area (Å²) < 4.78 is 4.33. The zero-order chi connectivity index (χ0) is 7.11. The molecule has 0 unspecified atom stereocenters. The number of carbonyl (C=O) groups excluding carboxylic acids is 1. The molecule has 0 aromatic heterocycles. The Bertz CT molecular complexity index is 127. The average molecular weight is 128 g/mol. The van der Waals surface area contributed by atoms with Crippen LogP contribution < -0.4 is 5.73 Å². The van der Waals surface area contributed by atoms with E-state index in [-0.39, 0.29) is 6.61 Å². The Morgan fingerprint density at radius 2 is 2.44 bits per heavy atom. The van der Waals surface area contributed by atoms with Crippen molar-refractivity contribution in [2.45, 2.75) is 12.8 Å². The minimum atomic E-state index is -0.784. The molecular weight excluding hydrogens is 120 g/mol. The SMILES string of the molecule is N#CCCCOC(N)=O. The number of carbonyl (C=O) groups is 1. The molecule has 0 aliphatic rings. The summed E-state index contributed by atoms with van der Waals surface area (Å²) in [6.45, 7) is 0.239. The summed E-state index contributed by atoms with van der Waals surface area (Å²) >= 11 is 0. The molecule has 0 radical (unpaired) electrons. The van der Waals surface area contributed by atoms with Crippen molar-refractivity contribution in [3.63, 3.8) is 0 Å². The predicted octanol–water partition coefficient (Wildman–Crippen LogP) is 0.385. The van der Waals surface area contributed by atoms with Gasteiger partial charge in [0.05, 0.1) is 12.7 Å². The quantitative estimate of drug-likeness (QED) is 0.558. The van der Waals surface area contributed by atoms with E-state index in [1.807, 2.05) is 6.07 Å². The van der Waals surface area contributed by atoms with E-state index in [0.29, 0.717) is 12.8 Å². The molecule has 2 N–H and O–H groups in total. The van der Waals surface area contributed by atoms with E-state index < -0.39 is 6.09 Å². The minimum Gasteiger partial charge on any atom is -0.450 e. The van der Waals surface area contributed by atoms with Gasteiger partial charge in [-0.25, -0.2) is 4.79 Å². The van der Waals surface area contributed by atoms with Crippen molar-refractivity contribution in [1.29, 1.82) is 5.26 Å². The fourth-order valence-corrected chi connectivity index (χ4v) is 0.324. The summed E-state index contributed by atoms with van der Waals surface area (Å²) in [5.74, 6) is 0. The fourth-order valence-electron chi connectivity index (χ4n) is 0.324. The first-order valence-corrected chi connectivity index (χ1v) is 2.56. The third kappa shape index (κ3) is 6.76. The number of unbranched alkanes of at least 4 members (excludes halogenated alkanes) is 1. The predicted molar refractivity (Wildman–Crippen MR) is 30.4 cm³/mol. The Balaban J connectivity index is 2.94. The first-order chi connectivity index (χ1) is 4.27. The summed E-state index contributed by atoms with van der Waals surface area (Å²) in [7, 11) is 0. The second kappa shape index (κ2) is 4.91. The molecule has 0 bridgehead atoms. The summed E-state index contributed by atoms with van der Waals surface area (Å²) in [5, 5.41) is 8.01. The molecule has 0 aromatic carbocycles. The molecule has 1 amide bonds. The van der Waals surface area contributed by atoms with Gasteiger partial charge in [0, 0.05) is 6.42 Å². The third-order valence-corrected chi connectivity index (χ3v) is 0.677. The third-order valence-electron chi connectivity index (χ3n) is 0.677. The first-order valence-electron chi connectivity index (χ1n) is 2.56. The van der Waals surface area contributed by atoms with Gasteiger partial charge in [-0.05, 0) is 6.42 Å². The summed E-state index contributed by atoms with van der Waals surface area (Å²) in [6.07, 6.45) is 0.167. The van der Waals surface area contributed by atoms with Gasteiger partial charge in [0.25, 0.3) is 0 Å². The molecule has 4 nitrogen and oxygen atoms in total. The van der Waals surface area contributed by atoms with Crippen molar-refractivity contribution in [1.82, 2.24) is 0 Å². The number of nitrogens with zero attached hydrogens (tertiary/aromatic N) is 1. The van der Waals surface area contributed by atoms with E-state index in [1.165, 1.54) is 0 Å². The average Bonchev–Trinajstić information content (AvgIpc) is 1.80. The van der Waals surface area contributed by atoms with Crippen LogP contribution in [0.4, 0.5) is 4.79 Å². The number of primary amides is 1. The molecule has 0 fully saturated rings. The number of rotatable bonds is 3. The molecular formula is C5H8N2O2. The molecule has 0 rings (SSSR count). The van der Waals surface area contributed by atoms with Crippen LogP contribution in [0.25, 0.3) is 0 Å². The topological polar surface area (TPSA) is 76.1 Å². The Hall–Kier alpha value is -1.24. The molecule has 0 aliphatic heterocycles. The van der Waals surface area contributed by atoms with E-state index >= 15 is 0 Å². The lowest BCUT2D eigenvalue weighted by molar-refractivity contribution is 0.156. The van der Waals surface area contributed by atoms with Crippen LogP contribution in [0, 0.1) is 11.3 Å². The van der Waals surface area contributed by atoms with Gasteiger partial charge in [-0.3, -0.25) is 0 Å². The molecule has 0 aromatic rings. The molecule has 0 heterocycles. The van der Waals surface area contributed by atoms with Crippen molar-refractivity contribution >= 4 is 6.09 Å². The van der Waals surface area contributed by atoms with Crippen LogP contribution in [0.3, 0.4) is 0 Å². The van der Waals surface area contributed by atoms with Gasteiger partial charge < -0.3 is 10.5 Å². The van der Waals surface area contributed by atoms with E-state index in [9.17, 15) is 4.79 Å². The van der Waals surface area contributed by atoms with Crippen molar-refractivity contribution < 1.29 is 9.53 Å².